The first-order valence-electron chi connectivity index (χ1n) is 3.95. The van der Waals surface area contributed by atoms with E-state index in [-0.39, 0.29) is 26.3 Å². The van der Waals surface area contributed by atoms with Crippen LogP contribution < -0.4 is 0 Å². The zero-order valence-corrected chi connectivity index (χ0v) is 8.01. The molecule has 1 rings (SSSR count). The largest absolute Gasteiger partial charge is 0.379 e. The Morgan fingerprint density at radius 2 is 1.64 bits per heavy atom. The molecule has 1 atom stereocenters. The van der Waals surface area contributed by atoms with Crippen molar-refractivity contribution < 1.29 is 26.3 Å². The van der Waals surface area contributed by atoms with Gasteiger partial charge in [-0.05, 0) is 0 Å². The average Bonchev–Trinajstić information content (AvgIpc) is 2.18. The molecular formula is C6H10F3NO3S. The van der Waals surface area contributed by atoms with Gasteiger partial charge in [0.2, 0.25) is 0 Å². The number of sulfonamides is 1. The molecule has 1 fully saturated rings. The van der Waals surface area contributed by atoms with Crippen LogP contribution in [0.1, 0.15) is 0 Å². The minimum atomic E-state index is -4.52. The van der Waals surface area contributed by atoms with Crippen LogP contribution in [0, 0.1) is 0 Å². The molecule has 1 unspecified atom stereocenters. The molecule has 0 amide bonds. The molecule has 1 heterocycles. The molecule has 0 aliphatic carbocycles. The molecule has 4 nitrogen and oxygen atoms in total. The highest BCUT2D eigenvalue weighted by Gasteiger charge is 2.39. The van der Waals surface area contributed by atoms with Crippen LogP contribution in [0.5, 0.6) is 0 Å². The van der Waals surface area contributed by atoms with Crippen molar-refractivity contribution in [1.29, 1.82) is 0 Å². The minimum absolute atomic E-state index is 0.0739. The molecule has 84 valence electrons. The molecule has 0 aromatic heterocycles. The summed E-state index contributed by atoms with van der Waals surface area (Å²) in [5.41, 5.74) is -3.14. The van der Waals surface area contributed by atoms with E-state index in [1.54, 1.807) is 0 Å². The quantitative estimate of drug-likeness (QED) is 0.700. The summed E-state index contributed by atoms with van der Waals surface area (Å²) < 4.78 is 64.2. The summed E-state index contributed by atoms with van der Waals surface area (Å²) in [6.45, 7) is 0.0648. The summed E-state index contributed by atoms with van der Waals surface area (Å²) in [7, 11) is -4.52. The Hall–Kier alpha value is -0.340. The van der Waals surface area contributed by atoms with Gasteiger partial charge in [0.05, 0.1) is 13.2 Å². The molecule has 14 heavy (non-hydrogen) atoms. The second kappa shape index (κ2) is 4.45. The average molecular weight is 233 g/mol. The zero-order chi connectivity index (χ0) is 10.8. The predicted octanol–water partition coefficient (Wildman–Crippen LogP) is 0.209. The van der Waals surface area contributed by atoms with Crippen molar-refractivity contribution in [2.24, 2.45) is 0 Å². The molecule has 1 saturated heterocycles. The Bertz CT molecular complexity index is 276. The minimum Gasteiger partial charge on any atom is -0.379 e. The van der Waals surface area contributed by atoms with E-state index in [9.17, 15) is 21.6 Å². The molecule has 1 aliphatic heterocycles. The maximum atomic E-state index is 12.7. The van der Waals surface area contributed by atoms with E-state index in [4.69, 9.17) is 4.74 Å². The van der Waals surface area contributed by atoms with Crippen LogP contribution >= 0.6 is 0 Å². The van der Waals surface area contributed by atoms with Crippen LogP contribution in [0.25, 0.3) is 0 Å². The topological polar surface area (TPSA) is 46.6 Å². The molecule has 0 N–H and O–H groups in total. The first kappa shape index (κ1) is 11.7. The van der Waals surface area contributed by atoms with Crippen LogP contribution in [0.4, 0.5) is 13.2 Å². The smallest absolute Gasteiger partial charge is 0.285 e. The number of nitrogens with zero attached hydrogens (tertiary/aromatic N) is 1. The van der Waals surface area contributed by atoms with Crippen LogP contribution in [0.15, 0.2) is 0 Å². The number of ether oxygens (including phenoxy) is 1. The van der Waals surface area contributed by atoms with Gasteiger partial charge in [0.15, 0.2) is 0 Å². The summed E-state index contributed by atoms with van der Waals surface area (Å²) >= 11 is 0. The van der Waals surface area contributed by atoms with Gasteiger partial charge in [-0.3, -0.25) is 0 Å². The van der Waals surface area contributed by atoms with E-state index in [0.717, 1.165) is 0 Å². The zero-order valence-electron chi connectivity index (χ0n) is 7.20. The van der Waals surface area contributed by atoms with Crippen molar-refractivity contribution in [3.05, 3.63) is 0 Å². The number of hydrogen-bond donors (Lipinski definition) is 0. The highest BCUT2D eigenvalue weighted by molar-refractivity contribution is 7.89. The summed E-state index contributed by atoms with van der Waals surface area (Å²) in [4.78, 5) is 0. The third-order valence-corrected chi connectivity index (χ3v) is 3.67. The number of morpholine rings is 1. The second-order valence-electron chi connectivity index (χ2n) is 2.74. The lowest BCUT2D eigenvalue weighted by Crippen LogP contribution is -2.45. The normalized spacial score (nSPS) is 22.6. The molecule has 0 spiro atoms. The van der Waals surface area contributed by atoms with Gasteiger partial charge in [-0.2, -0.15) is 4.31 Å². The van der Waals surface area contributed by atoms with Gasteiger partial charge >= 0.3 is 0 Å². The van der Waals surface area contributed by atoms with Crippen LogP contribution in [0.3, 0.4) is 0 Å². The van der Waals surface area contributed by atoms with Crippen molar-refractivity contribution in [2.75, 3.05) is 26.3 Å². The fourth-order valence-corrected chi connectivity index (χ4v) is 2.28. The van der Waals surface area contributed by atoms with Crippen LogP contribution in [-0.4, -0.2) is 51.0 Å². The highest BCUT2D eigenvalue weighted by atomic mass is 32.2. The lowest BCUT2D eigenvalue weighted by atomic mass is 10.5. The summed E-state index contributed by atoms with van der Waals surface area (Å²) in [6, 6.07) is 0. The number of rotatable bonds is 3. The van der Waals surface area contributed by atoms with Gasteiger partial charge in [0.25, 0.3) is 22.0 Å². The Balaban J connectivity index is 2.73. The Kier molecular flexibility index (Phi) is 3.73. The van der Waals surface area contributed by atoms with Gasteiger partial charge in [-0.1, -0.05) is 0 Å². The molecule has 0 saturated carbocycles. The van der Waals surface area contributed by atoms with Gasteiger partial charge in [0.1, 0.15) is 0 Å². The molecule has 1 aliphatic rings. The van der Waals surface area contributed by atoms with Gasteiger partial charge in [-0.25, -0.2) is 21.6 Å². The Morgan fingerprint density at radius 3 is 2.07 bits per heavy atom. The monoisotopic (exact) mass is 233 g/mol. The van der Waals surface area contributed by atoms with Gasteiger partial charge in [0, 0.05) is 13.1 Å². The van der Waals surface area contributed by atoms with Crippen molar-refractivity contribution in [1.82, 2.24) is 4.31 Å². The predicted molar refractivity (Wildman–Crippen MR) is 42.2 cm³/mol. The fraction of sp³-hybridized carbons (Fsp3) is 1.00. The van der Waals surface area contributed by atoms with E-state index in [1.807, 2.05) is 0 Å². The molecule has 0 aromatic carbocycles. The first-order chi connectivity index (χ1) is 6.46. The lowest BCUT2D eigenvalue weighted by molar-refractivity contribution is 0.0610. The standard InChI is InChI=1S/C6H10F3NO3S/c7-5(8)6(9)14(11,12)10-1-3-13-4-2-10/h5-6H,1-4H2. The maximum absolute atomic E-state index is 12.7. The van der Waals surface area contributed by atoms with Crippen LogP contribution in [0.2, 0.25) is 0 Å². The van der Waals surface area contributed by atoms with Crippen molar-refractivity contribution in [2.45, 2.75) is 11.9 Å². The second-order valence-corrected chi connectivity index (χ2v) is 4.74. The number of halogens is 3. The molecule has 0 bridgehead atoms. The van der Waals surface area contributed by atoms with Crippen molar-refractivity contribution in [3.63, 3.8) is 0 Å². The van der Waals surface area contributed by atoms with Gasteiger partial charge < -0.3 is 4.74 Å². The fourth-order valence-electron chi connectivity index (χ4n) is 1.07. The first-order valence-corrected chi connectivity index (χ1v) is 5.45. The third-order valence-electron chi connectivity index (χ3n) is 1.81. The summed E-state index contributed by atoms with van der Waals surface area (Å²) in [5.74, 6) is 0. The number of hydrogen-bond acceptors (Lipinski definition) is 3. The van der Waals surface area contributed by atoms with E-state index in [0.29, 0.717) is 4.31 Å². The summed E-state index contributed by atoms with van der Waals surface area (Å²) in [6.07, 6.45) is -3.51. The van der Waals surface area contributed by atoms with Crippen LogP contribution in [-0.2, 0) is 14.8 Å². The Labute approximate surface area is 79.7 Å². The molecule has 8 heteroatoms. The molecular weight excluding hydrogens is 223 g/mol. The number of alkyl halides is 3. The summed E-state index contributed by atoms with van der Waals surface area (Å²) in [5, 5.41) is 0. The third kappa shape index (κ3) is 2.37. The van der Waals surface area contributed by atoms with E-state index in [2.05, 4.69) is 0 Å². The highest BCUT2D eigenvalue weighted by Crippen LogP contribution is 2.18. The van der Waals surface area contributed by atoms with E-state index in [1.165, 1.54) is 0 Å². The maximum Gasteiger partial charge on any atom is 0.285 e. The van der Waals surface area contributed by atoms with Crippen molar-refractivity contribution in [3.8, 4) is 0 Å². The Morgan fingerprint density at radius 1 is 1.14 bits per heavy atom. The molecule has 0 aromatic rings. The van der Waals surface area contributed by atoms with E-state index >= 15 is 0 Å². The van der Waals surface area contributed by atoms with E-state index < -0.39 is 22.0 Å². The lowest BCUT2D eigenvalue weighted by Gasteiger charge is -2.27. The van der Waals surface area contributed by atoms with Gasteiger partial charge in [-0.15, -0.1) is 0 Å². The van der Waals surface area contributed by atoms with Crippen molar-refractivity contribution >= 4 is 10.0 Å². The molecule has 0 radical (unpaired) electrons. The SMILES string of the molecule is O=S(=O)(C(F)C(F)F)N1CCOCC1.